The van der Waals surface area contributed by atoms with Gasteiger partial charge in [0.05, 0.1) is 17.3 Å². The lowest BCUT2D eigenvalue weighted by Gasteiger charge is -2.29. The molecule has 5 rings (SSSR count). The Balaban J connectivity index is 1.65. The Hall–Kier alpha value is -3.97. The van der Waals surface area contributed by atoms with Gasteiger partial charge in [-0.15, -0.1) is 0 Å². The number of rotatable bonds is 6. The van der Waals surface area contributed by atoms with Gasteiger partial charge >= 0.3 is 5.97 Å². The van der Waals surface area contributed by atoms with Crippen LogP contribution in [0.2, 0.25) is 0 Å². The number of aromatic nitrogens is 2. The summed E-state index contributed by atoms with van der Waals surface area (Å²) in [6.45, 7) is 2.13. The minimum Gasteiger partial charge on any atom is -0.478 e. The molecule has 0 saturated carbocycles. The molecule has 0 amide bonds. The molecule has 4 aromatic rings. The average molecular weight is 469 g/mol. The van der Waals surface area contributed by atoms with Gasteiger partial charge in [0.25, 0.3) is 0 Å². The molecule has 0 radical (unpaired) electrons. The number of carboxylic acid groups (broad SMARTS) is 1. The Morgan fingerprint density at radius 1 is 1.03 bits per heavy atom. The zero-order chi connectivity index (χ0) is 23.7. The highest BCUT2D eigenvalue weighted by Gasteiger charge is 2.42. The number of benzene rings is 2. The van der Waals surface area contributed by atoms with Crippen LogP contribution >= 0.6 is 12.2 Å². The van der Waals surface area contributed by atoms with Crippen molar-refractivity contribution < 1.29 is 9.90 Å². The minimum absolute atomic E-state index is 0.184. The summed E-state index contributed by atoms with van der Waals surface area (Å²) in [5, 5.41) is 13.6. The van der Waals surface area contributed by atoms with Crippen LogP contribution in [0.25, 0.3) is 5.69 Å². The van der Waals surface area contributed by atoms with Gasteiger partial charge in [-0.25, -0.2) is 4.79 Å². The van der Waals surface area contributed by atoms with Crippen LogP contribution in [-0.4, -0.2) is 25.7 Å². The van der Waals surface area contributed by atoms with Crippen LogP contribution in [0.1, 0.15) is 46.3 Å². The first-order valence-electron chi connectivity index (χ1n) is 11.2. The number of thiocarbonyl (C=S) groups is 1. The summed E-state index contributed by atoms with van der Waals surface area (Å²) in [4.78, 5) is 18.3. The average Bonchev–Trinajstić information content (AvgIpc) is 3.49. The third-order valence-electron chi connectivity index (χ3n) is 6.18. The summed E-state index contributed by atoms with van der Waals surface area (Å²) >= 11 is 5.83. The van der Waals surface area contributed by atoms with Crippen molar-refractivity contribution >= 4 is 29.0 Å². The third-order valence-corrected chi connectivity index (χ3v) is 6.49. The molecule has 6 nitrogen and oxygen atoms in total. The molecule has 170 valence electrons. The molecule has 2 aromatic carbocycles. The second-order valence-corrected chi connectivity index (χ2v) is 8.56. The molecule has 0 spiro atoms. The van der Waals surface area contributed by atoms with Gasteiger partial charge in [0.15, 0.2) is 5.11 Å². The summed E-state index contributed by atoms with van der Waals surface area (Å²) in [7, 11) is 0. The van der Waals surface area contributed by atoms with Gasteiger partial charge in [0.1, 0.15) is 6.04 Å². The number of hydrogen-bond acceptors (Lipinski definition) is 3. The second kappa shape index (κ2) is 9.11. The number of nitrogens with zero attached hydrogens (tertiary/aromatic N) is 3. The number of carboxylic acids is 1. The van der Waals surface area contributed by atoms with Crippen molar-refractivity contribution in [3.8, 4) is 5.69 Å². The Morgan fingerprint density at radius 2 is 1.85 bits per heavy atom. The van der Waals surface area contributed by atoms with Gasteiger partial charge < -0.3 is 19.9 Å². The van der Waals surface area contributed by atoms with Crippen LogP contribution in [0, 0.1) is 0 Å². The van der Waals surface area contributed by atoms with Crippen LogP contribution < -0.4 is 10.2 Å². The highest BCUT2D eigenvalue weighted by atomic mass is 32.1. The number of carbonyl (C=O) groups is 1. The second-order valence-electron chi connectivity index (χ2n) is 8.18. The molecule has 0 bridgehead atoms. The van der Waals surface area contributed by atoms with Crippen LogP contribution in [0.15, 0.2) is 91.3 Å². The Labute approximate surface area is 203 Å². The van der Waals surface area contributed by atoms with Crippen LogP contribution in [0.4, 0.5) is 5.69 Å². The van der Waals surface area contributed by atoms with E-state index in [0.29, 0.717) is 5.11 Å². The molecule has 0 aliphatic carbocycles. The quantitative estimate of drug-likeness (QED) is 0.374. The molecule has 3 heterocycles. The number of anilines is 1. The summed E-state index contributed by atoms with van der Waals surface area (Å²) in [6.07, 6.45) is 4.70. The van der Waals surface area contributed by atoms with E-state index in [0.717, 1.165) is 29.2 Å². The van der Waals surface area contributed by atoms with E-state index in [-0.39, 0.29) is 17.6 Å². The van der Waals surface area contributed by atoms with Gasteiger partial charge in [-0.2, -0.15) is 0 Å². The van der Waals surface area contributed by atoms with E-state index in [1.165, 1.54) is 5.56 Å². The predicted octanol–water partition coefficient (Wildman–Crippen LogP) is 5.31. The van der Waals surface area contributed by atoms with Crippen molar-refractivity contribution in [2.24, 2.45) is 0 Å². The van der Waals surface area contributed by atoms with E-state index < -0.39 is 5.97 Å². The summed E-state index contributed by atoms with van der Waals surface area (Å²) in [5.41, 5.74) is 5.13. The normalized spacial score (nSPS) is 17.6. The largest absolute Gasteiger partial charge is 0.478 e. The van der Waals surface area contributed by atoms with Gasteiger partial charge in [0.2, 0.25) is 0 Å². The summed E-state index contributed by atoms with van der Waals surface area (Å²) in [6, 6.07) is 24.9. The molecular weight excluding hydrogens is 444 g/mol. The van der Waals surface area contributed by atoms with Crippen molar-refractivity contribution in [3.05, 3.63) is 114 Å². The maximum Gasteiger partial charge on any atom is 0.335 e. The molecule has 1 aliphatic rings. The van der Waals surface area contributed by atoms with Crippen molar-refractivity contribution in [2.45, 2.75) is 25.4 Å². The van der Waals surface area contributed by atoms with Crippen molar-refractivity contribution in [1.29, 1.82) is 0 Å². The molecule has 1 aliphatic heterocycles. The smallest absolute Gasteiger partial charge is 0.335 e. The topological polar surface area (TPSA) is 70.4 Å². The van der Waals surface area contributed by atoms with Crippen LogP contribution in [0.5, 0.6) is 0 Å². The Morgan fingerprint density at radius 3 is 2.56 bits per heavy atom. The zero-order valence-corrected chi connectivity index (χ0v) is 19.4. The monoisotopic (exact) mass is 468 g/mol. The van der Waals surface area contributed by atoms with Crippen LogP contribution in [0.3, 0.4) is 0 Å². The van der Waals surface area contributed by atoms with Gasteiger partial charge in [-0.1, -0.05) is 31.2 Å². The Bertz CT molecular complexity index is 1330. The zero-order valence-electron chi connectivity index (χ0n) is 18.6. The fourth-order valence-electron chi connectivity index (χ4n) is 4.48. The molecule has 0 unspecified atom stereocenters. The van der Waals surface area contributed by atoms with Gasteiger partial charge in [-0.3, -0.25) is 4.98 Å². The van der Waals surface area contributed by atoms with E-state index >= 15 is 0 Å². The van der Waals surface area contributed by atoms with E-state index in [1.807, 2.05) is 41.1 Å². The lowest BCUT2D eigenvalue weighted by Crippen LogP contribution is -2.30. The predicted molar refractivity (Wildman–Crippen MR) is 136 cm³/mol. The molecule has 1 saturated heterocycles. The van der Waals surface area contributed by atoms with Crippen molar-refractivity contribution in [2.75, 3.05) is 4.90 Å². The fourth-order valence-corrected chi connectivity index (χ4v) is 4.83. The minimum atomic E-state index is -0.955. The molecule has 7 heteroatoms. The van der Waals surface area contributed by atoms with Crippen molar-refractivity contribution in [1.82, 2.24) is 14.9 Å². The Kier molecular flexibility index (Phi) is 5.86. The van der Waals surface area contributed by atoms with E-state index in [2.05, 4.69) is 52.5 Å². The lowest BCUT2D eigenvalue weighted by atomic mass is 10.0. The van der Waals surface area contributed by atoms with E-state index in [9.17, 15) is 9.90 Å². The molecule has 1 fully saturated rings. The van der Waals surface area contributed by atoms with E-state index in [4.69, 9.17) is 12.2 Å². The number of aryl methyl sites for hydroxylation is 1. The number of nitrogens with one attached hydrogen (secondary N) is 1. The SMILES string of the molecule is CCc1ccc(N2C(=S)N[C@@H](c3ccccn3)[C@@H]2c2cccn2-c2cccc(C(=O)O)c2)cc1. The summed E-state index contributed by atoms with van der Waals surface area (Å²) in [5.74, 6) is -0.955. The number of pyridine rings is 1. The highest BCUT2D eigenvalue weighted by Crippen LogP contribution is 2.42. The molecule has 2 atom stereocenters. The maximum absolute atomic E-state index is 11.6. The molecular formula is C27H24N4O2S. The van der Waals surface area contributed by atoms with Gasteiger partial charge in [0, 0.05) is 29.5 Å². The number of aromatic carboxylic acids is 1. The first kappa shape index (κ1) is 21.9. The molecule has 34 heavy (non-hydrogen) atoms. The molecule has 2 N–H and O–H groups in total. The fraction of sp³-hybridized carbons (Fsp3) is 0.148. The standard InChI is InChI=1S/C27H24N4O2S/c1-2-18-11-13-20(14-12-18)31-25(24(29-27(31)34)22-9-3-4-15-28-22)23-10-6-16-30(23)21-8-5-7-19(17-21)26(32)33/h3-17,24-25H,2H2,1H3,(H,29,34)(H,32,33)/t24-,25-/m0/s1. The first-order chi connectivity index (χ1) is 16.6. The van der Waals surface area contributed by atoms with Gasteiger partial charge in [-0.05, 0) is 78.8 Å². The summed E-state index contributed by atoms with van der Waals surface area (Å²) < 4.78 is 2.02. The molecule has 2 aromatic heterocycles. The van der Waals surface area contributed by atoms with Crippen molar-refractivity contribution in [3.63, 3.8) is 0 Å². The highest BCUT2D eigenvalue weighted by molar-refractivity contribution is 7.80. The third kappa shape index (κ3) is 3.95. The van der Waals surface area contributed by atoms with Crippen LogP contribution in [-0.2, 0) is 6.42 Å². The lowest BCUT2D eigenvalue weighted by molar-refractivity contribution is 0.0697. The van der Waals surface area contributed by atoms with E-state index in [1.54, 1.807) is 24.4 Å². The first-order valence-corrected chi connectivity index (χ1v) is 11.6. The number of hydrogen-bond donors (Lipinski definition) is 2. The maximum atomic E-state index is 11.6.